The number of hydrogen-bond donors (Lipinski definition) is 0. The fourth-order valence-electron chi connectivity index (χ4n) is 3.20. The summed E-state index contributed by atoms with van der Waals surface area (Å²) in [5, 5.41) is 0. The van der Waals surface area contributed by atoms with Crippen LogP contribution in [0.1, 0.15) is 45.9 Å². The summed E-state index contributed by atoms with van der Waals surface area (Å²) in [6.07, 6.45) is 0. The second-order valence-corrected chi connectivity index (χ2v) is 6.40. The lowest BCUT2D eigenvalue weighted by Crippen LogP contribution is -1.99. The molecule has 0 radical (unpaired) electrons. The van der Waals surface area contributed by atoms with Crippen molar-refractivity contribution >= 4 is 5.57 Å². The summed E-state index contributed by atoms with van der Waals surface area (Å²) in [6.45, 7) is 19.5. The summed E-state index contributed by atoms with van der Waals surface area (Å²) in [6, 6.07) is 6.82. The first-order valence-electron chi connectivity index (χ1n) is 7.59. The lowest BCUT2D eigenvalue weighted by Gasteiger charge is -2.20. The van der Waals surface area contributed by atoms with Crippen LogP contribution >= 0.6 is 0 Å². The number of aryl methyl sites for hydroxylation is 4. The summed E-state index contributed by atoms with van der Waals surface area (Å²) in [5.74, 6) is 0. The molecule has 0 heteroatoms. The Labute approximate surface area is 129 Å². The van der Waals surface area contributed by atoms with Crippen molar-refractivity contribution in [1.29, 1.82) is 0 Å². The molecule has 0 unspecified atom stereocenters. The van der Waals surface area contributed by atoms with Crippen molar-refractivity contribution in [3.8, 4) is 11.1 Å². The molecule has 0 nitrogen and oxygen atoms in total. The zero-order valence-corrected chi connectivity index (χ0v) is 14.4. The highest BCUT2D eigenvalue weighted by atomic mass is 14.2. The first-order chi connectivity index (χ1) is 9.73. The SMILES string of the molecule is C=C(C)c1cc(C)c(-c2c(C)c(C)cc(C)c2C)c(C)c1. The molecule has 0 aliphatic rings. The molecule has 21 heavy (non-hydrogen) atoms. The van der Waals surface area contributed by atoms with E-state index in [1.807, 2.05) is 0 Å². The lowest BCUT2D eigenvalue weighted by molar-refractivity contribution is 1.23. The third-order valence-electron chi connectivity index (χ3n) is 4.64. The molecule has 0 aromatic heterocycles. The fraction of sp³-hybridized carbons (Fsp3) is 0.333. The van der Waals surface area contributed by atoms with Crippen LogP contribution in [0.2, 0.25) is 0 Å². The van der Waals surface area contributed by atoms with Gasteiger partial charge >= 0.3 is 0 Å². The van der Waals surface area contributed by atoms with Crippen LogP contribution in [0, 0.1) is 41.5 Å². The van der Waals surface area contributed by atoms with Gasteiger partial charge in [-0.15, -0.1) is 0 Å². The highest BCUT2D eigenvalue weighted by Crippen LogP contribution is 2.36. The van der Waals surface area contributed by atoms with Gasteiger partial charge in [0, 0.05) is 0 Å². The minimum absolute atomic E-state index is 1.13. The maximum atomic E-state index is 4.07. The van der Waals surface area contributed by atoms with E-state index in [0.29, 0.717) is 0 Å². The van der Waals surface area contributed by atoms with Crippen molar-refractivity contribution < 1.29 is 0 Å². The van der Waals surface area contributed by atoms with Gasteiger partial charge in [-0.05, 0) is 98.5 Å². The predicted octanol–water partition coefficient (Wildman–Crippen LogP) is 6.24. The van der Waals surface area contributed by atoms with Gasteiger partial charge < -0.3 is 0 Å². The third-order valence-corrected chi connectivity index (χ3v) is 4.64. The fourth-order valence-corrected chi connectivity index (χ4v) is 3.20. The molecule has 0 saturated heterocycles. The van der Waals surface area contributed by atoms with Crippen molar-refractivity contribution in [2.45, 2.75) is 48.5 Å². The molecule has 2 rings (SSSR count). The van der Waals surface area contributed by atoms with Crippen molar-refractivity contribution in [2.24, 2.45) is 0 Å². The van der Waals surface area contributed by atoms with Gasteiger partial charge in [0.05, 0.1) is 0 Å². The molecule has 0 bridgehead atoms. The minimum atomic E-state index is 1.13. The van der Waals surface area contributed by atoms with Crippen LogP contribution in [-0.2, 0) is 0 Å². The highest BCUT2D eigenvalue weighted by molar-refractivity contribution is 5.80. The summed E-state index contributed by atoms with van der Waals surface area (Å²) in [5.41, 5.74) is 13.4. The van der Waals surface area contributed by atoms with Crippen LogP contribution in [0.3, 0.4) is 0 Å². The maximum Gasteiger partial charge on any atom is -0.0115 e. The monoisotopic (exact) mass is 278 g/mol. The van der Waals surface area contributed by atoms with E-state index in [4.69, 9.17) is 0 Å². The molecular weight excluding hydrogens is 252 g/mol. The largest absolute Gasteiger partial charge is 0.0955 e. The van der Waals surface area contributed by atoms with Crippen molar-refractivity contribution in [2.75, 3.05) is 0 Å². The van der Waals surface area contributed by atoms with E-state index >= 15 is 0 Å². The maximum absolute atomic E-state index is 4.07. The summed E-state index contributed by atoms with van der Waals surface area (Å²) < 4.78 is 0. The van der Waals surface area contributed by atoms with E-state index in [2.05, 4.69) is 73.2 Å². The molecule has 2 aromatic rings. The summed E-state index contributed by atoms with van der Waals surface area (Å²) in [4.78, 5) is 0. The van der Waals surface area contributed by atoms with Crippen molar-refractivity contribution in [1.82, 2.24) is 0 Å². The third kappa shape index (κ3) is 2.68. The van der Waals surface area contributed by atoms with E-state index in [1.165, 1.54) is 50.1 Å². The average Bonchev–Trinajstić information content (AvgIpc) is 2.39. The van der Waals surface area contributed by atoms with E-state index in [-0.39, 0.29) is 0 Å². The topological polar surface area (TPSA) is 0 Å². The van der Waals surface area contributed by atoms with Crippen LogP contribution in [-0.4, -0.2) is 0 Å². The molecule has 0 aliphatic carbocycles. The zero-order chi connectivity index (χ0) is 15.9. The molecule has 0 N–H and O–H groups in total. The van der Waals surface area contributed by atoms with Crippen molar-refractivity contribution in [3.63, 3.8) is 0 Å². The molecule has 0 fully saturated rings. The van der Waals surface area contributed by atoms with Gasteiger partial charge in [0.1, 0.15) is 0 Å². The molecule has 110 valence electrons. The number of benzene rings is 2. The van der Waals surface area contributed by atoms with Gasteiger partial charge in [-0.25, -0.2) is 0 Å². The average molecular weight is 278 g/mol. The smallest absolute Gasteiger partial charge is 0.0115 e. The van der Waals surface area contributed by atoms with E-state index in [1.54, 1.807) is 0 Å². The molecular formula is C21H26. The molecule has 0 atom stereocenters. The molecule has 0 saturated carbocycles. The number of hydrogen-bond acceptors (Lipinski definition) is 0. The van der Waals surface area contributed by atoms with Gasteiger partial charge in [0.25, 0.3) is 0 Å². The Balaban J connectivity index is 2.83. The van der Waals surface area contributed by atoms with Crippen LogP contribution in [0.5, 0.6) is 0 Å². The first-order valence-corrected chi connectivity index (χ1v) is 7.59. The molecule has 2 aromatic carbocycles. The Morgan fingerprint density at radius 3 is 1.48 bits per heavy atom. The molecule has 0 aliphatic heterocycles. The quantitative estimate of drug-likeness (QED) is 0.610. The second kappa shape index (κ2) is 5.52. The first kappa shape index (κ1) is 15.6. The predicted molar refractivity (Wildman–Crippen MR) is 95.0 cm³/mol. The van der Waals surface area contributed by atoms with E-state index < -0.39 is 0 Å². The second-order valence-electron chi connectivity index (χ2n) is 6.40. The van der Waals surface area contributed by atoms with Gasteiger partial charge in [0.2, 0.25) is 0 Å². The van der Waals surface area contributed by atoms with Crippen LogP contribution in [0.15, 0.2) is 24.8 Å². The Morgan fingerprint density at radius 1 is 0.667 bits per heavy atom. The molecule has 0 amide bonds. The van der Waals surface area contributed by atoms with Crippen LogP contribution < -0.4 is 0 Å². The van der Waals surface area contributed by atoms with Gasteiger partial charge in [-0.3, -0.25) is 0 Å². The minimum Gasteiger partial charge on any atom is -0.0955 e. The van der Waals surface area contributed by atoms with Gasteiger partial charge in [-0.1, -0.05) is 30.4 Å². The standard InChI is InChI=1S/C21H26/c1-12(2)19-10-15(5)20(16(6)11-19)21-17(7)13(3)9-14(4)18(21)8/h9-11H,1H2,2-8H3. The van der Waals surface area contributed by atoms with Gasteiger partial charge in [-0.2, -0.15) is 0 Å². The zero-order valence-electron chi connectivity index (χ0n) is 14.4. The lowest BCUT2D eigenvalue weighted by atomic mass is 9.84. The Kier molecular flexibility index (Phi) is 4.09. The number of allylic oxidation sites excluding steroid dienone is 1. The van der Waals surface area contributed by atoms with Gasteiger partial charge in [0.15, 0.2) is 0 Å². The number of rotatable bonds is 2. The van der Waals surface area contributed by atoms with Crippen molar-refractivity contribution in [3.05, 3.63) is 63.7 Å². The molecule has 0 spiro atoms. The summed E-state index contributed by atoms with van der Waals surface area (Å²) in [7, 11) is 0. The van der Waals surface area contributed by atoms with Crippen LogP contribution in [0.25, 0.3) is 16.7 Å². The Hall–Kier alpha value is -1.82. The Bertz CT molecular complexity index is 681. The van der Waals surface area contributed by atoms with E-state index in [0.717, 1.165) is 5.57 Å². The van der Waals surface area contributed by atoms with Crippen LogP contribution in [0.4, 0.5) is 0 Å². The normalized spacial score (nSPS) is 10.8. The Morgan fingerprint density at radius 2 is 1.10 bits per heavy atom. The van der Waals surface area contributed by atoms with E-state index in [9.17, 15) is 0 Å². The molecule has 0 heterocycles. The summed E-state index contributed by atoms with van der Waals surface area (Å²) >= 11 is 0. The highest BCUT2D eigenvalue weighted by Gasteiger charge is 2.15.